The second-order valence-corrected chi connectivity index (χ2v) is 6.25. The minimum atomic E-state index is -0.936. The van der Waals surface area contributed by atoms with Crippen LogP contribution in [0.2, 0.25) is 0 Å². The molecule has 2 aromatic rings. The molecule has 0 heterocycles. The summed E-state index contributed by atoms with van der Waals surface area (Å²) in [7, 11) is 0. The number of benzene rings is 2. The lowest BCUT2D eigenvalue weighted by molar-refractivity contribution is 0.0791. The van der Waals surface area contributed by atoms with Crippen LogP contribution in [0.15, 0.2) is 54.6 Å². The lowest BCUT2D eigenvalue weighted by Gasteiger charge is -2.33. The maximum absolute atomic E-state index is 11.4. The molecule has 0 saturated heterocycles. The third-order valence-electron chi connectivity index (χ3n) is 4.00. The molecule has 2 heteroatoms. The van der Waals surface area contributed by atoms with Gasteiger partial charge in [-0.05, 0) is 36.0 Å². The van der Waals surface area contributed by atoms with Crippen LogP contribution in [-0.2, 0) is 12.0 Å². The van der Waals surface area contributed by atoms with Gasteiger partial charge in [0.2, 0.25) is 0 Å². The first kappa shape index (κ1) is 12.9. The quantitative estimate of drug-likeness (QED) is 0.622. The van der Waals surface area contributed by atoms with Crippen LogP contribution in [0.3, 0.4) is 0 Å². The van der Waals surface area contributed by atoms with Gasteiger partial charge in [0.15, 0.2) is 0 Å². The van der Waals surface area contributed by atoms with Gasteiger partial charge in [-0.25, -0.2) is 0 Å². The average molecular weight is 317 g/mol. The van der Waals surface area contributed by atoms with Crippen molar-refractivity contribution in [2.45, 2.75) is 29.7 Å². The van der Waals surface area contributed by atoms with Gasteiger partial charge in [-0.15, -0.1) is 0 Å². The largest absolute Gasteiger partial charge is 0.379 e. The molecular weight excluding hydrogens is 300 g/mol. The number of aliphatic hydroxyl groups is 1. The Labute approximate surface area is 122 Å². The van der Waals surface area contributed by atoms with E-state index < -0.39 is 5.60 Å². The number of halogens is 1. The zero-order chi connectivity index (χ0) is 13.3. The molecule has 98 valence electrons. The fourth-order valence-corrected chi connectivity index (χ4v) is 3.82. The summed E-state index contributed by atoms with van der Waals surface area (Å²) in [6.45, 7) is 0. The highest BCUT2D eigenvalue weighted by molar-refractivity contribution is 9.09. The van der Waals surface area contributed by atoms with Crippen molar-refractivity contribution < 1.29 is 5.11 Å². The van der Waals surface area contributed by atoms with Gasteiger partial charge in [-0.1, -0.05) is 70.5 Å². The molecule has 0 unspecified atom stereocenters. The smallest absolute Gasteiger partial charge is 0.127 e. The van der Waals surface area contributed by atoms with E-state index in [1.165, 1.54) is 5.56 Å². The average Bonchev–Trinajstić information content (AvgIpc) is 2.59. The molecular formula is C17H17BrO. The third kappa shape index (κ3) is 2.13. The van der Waals surface area contributed by atoms with E-state index in [0.717, 1.165) is 30.4 Å². The van der Waals surface area contributed by atoms with Gasteiger partial charge in [0, 0.05) is 0 Å². The Morgan fingerprint density at radius 1 is 1.00 bits per heavy atom. The second kappa shape index (κ2) is 5.10. The van der Waals surface area contributed by atoms with Gasteiger partial charge in [-0.2, -0.15) is 0 Å². The van der Waals surface area contributed by atoms with E-state index in [0.29, 0.717) is 0 Å². The van der Waals surface area contributed by atoms with E-state index in [1.807, 2.05) is 36.4 Å². The molecule has 1 aliphatic rings. The Hall–Kier alpha value is -1.12. The first-order valence-corrected chi connectivity index (χ1v) is 7.65. The summed E-state index contributed by atoms with van der Waals surface area (Å²) < 4.78 is 0. The van der Waals surface area contributed by atoms with Crippen LogP contribution in [0.25, 0.3) is 0 Å². The molecule has 0 radical (unpaired) electrons. The number of hydrogen-bond donors (Lipinski definition) is 1. The molecule has 0 spiro atoms. The van der Waals surface area contributed by atoms with E-state index in [9.17, 15) is 5.11 Å². The predicted molar refractivity (Wildman–Crippen MR) is 81.5 cm³/mol. The van der Waals surface area contributed by atoms with E-state index in [2.05, 4.69) is 34.1 Å². The van der Waals surface area contributed by atoms with Gasteiger partial charge in [0.25, 0.3) is 0 Å². The predicted octanol–water partition coefficient (Wildman–Crippen LogP) is 4.02. The number of fused-ring (bicyclic) bond motifs is 1. The van der Waals surface area contributed by atoms with Crippen LogP contribution in [0.4, 0.5) is 0 Å². The summed E-state index contributed by atoms with van der Waals surface area (Å²) in [6.07, 6.45) is 3.11. The summed E-state index contributed by atoms with van der Waals surface area (Å²) in [5.41, 5.74) is 2.33. The zero-order valence-corrected chi connectivity index (χ0v) is 12.3. The number of alkyl halides is 1. The van der Waals surface area contributed by atoms with E-state index in [1.54, 1.807) is 0 Å². The lowest BCUT2D eigenvalue weighted by Crippen LogP contribution is -2.36. The molecule has 19 heavy (non-hydrogen) atoms. The van der Waals surface area contributed by atoms with Crippen LogP contribution < -0.4 is 0 Å². The van der Waals surface area contributed by atoms with Crippen LogP contribution in [0, 0.1) is 0 Å². The number of aryl methyl sites for hydroxylation is 1. The molecule has 0 bridgehead atoms. The monoisotopic (exact) mass is 316 g/mol. The highest BCUT2D eigenvalue weighted by atomic mass is 79.9. The van der Waals surface area contributed by atoms with Gasteiger partial charge < -0.3 is 5.11 Å². The molecule has 0 aliphatic heterocycles. The Morgan fingerprint density at radius 3 is 2.47 bits per heavy atom. The Kier molecular flexibility index (Phi) is 3.46. The molecule has 2 aromatic carbocycles. The summed E-state index contributed by atoms with van der Waals surface area (Å²) in [4.78, 5) is 0.0473. The van der Waals surface area contributed by atoms with Crippen molar-refractivity contribution in [3.05, 3.63) is 71.3 Å². The first-order valence-electron chi connectivity index (χ1n) is 6.73. The number of hydrogen-bond acceptors (Lipinski definition) is 1. The van der Waals surface area contributed by atoms with Crippen molar-refractivity contribution in [3.63, 3.8) is 0 Å². The fraction of sp³-hybridized carbons (Fsp3) is 0.294. The van der Waals surface area contributed by atoms with Gasteiger partial charge in [0.05, 0.1) is 4.83 Å². The standard InChI is InChI=1S/C17H17BrO/c18-16-12-6-8-13-7-4-5-11-15(13)17(16,19)14-9-2-1-3-10-14/h1-5,7,9-11,16,19H,6,8,12H2/t16-,17-/m1/s1. The second-order valence-electron chi connectivity index (χ2n) is 5.15. The summed E-state index contributed by atoms with van der Waals surface area (Å²) in [5.74, 6) is 0. The summed E-state index contributed by atoms with van der Waals surface area (Å²) in [6, 6.07) is 18.2. The van der Waals surface area contributed by atoms with E-state index in [-0.39, 0.29) is 4.83 Å². The maximum atomic E-state index is 11.4. The first-order chi connectivity index (χ1) is 9.23. The SMILES string of the molecule is O[C@]1(c2ccccc2)c2ccccc2CCC[C@H]1Br. The van der Waals surface area contributed by atoms with E-state index in [4.69, 9.17) is 0 Å². The van der Waals surface area contributed by atoms with E-state index >= 15 is 0 Å². The normalized spacial score (nSPS) is 26.5. The van der Waals surface area contributed by atoms with Crippen LogP contribution in [0.5, 0.6) is 0 Å². The molecule has 1 aliphatic carbocycles. The Bertz CT molecular complexity index is 566. The van der Waals surface area contributed by atoms with Crippen molar-refractivity contribution in [2.75, 3.05) is 0 Å². The summed E-state index contributed by atoms with van der Waals surface area (Å²) >= 11 is 3.72. The fourth-order valence-electron chi connectivity index (χ4n) is 2.99. The van der Waals surface area contributed by atoms with Crippen LogP contribution in [0.1, 0.15) is 29.5 Å². The molecule has 0 saturated carbocycles. The van der Waals surface area contributed by atoms with Crippen molar-refractivity contribution in [2.24, 2.45) is 0 Å². The minimum absolute atomic E-state index is 0.0473. The van der Waals surface area contributed by atoms with Crippen molar-refractivity contribution >= 4 is 15.9 Å². The zero-order valence-electron chi connectivity index (χ0n) is 10.7. The lowest BCUT2D eigenvalue weighted by atomic mass is 9.82. The highest BCUT2D eigenvalue weighted by Gasteiger charge is 2.41. The van der Waals surface area contributed by atoms with Crippen LogP contribution >= 0.6 is 15.9 Å². The Balaban J connectivity index is 2.22. The summed E-state index contributed by atoms with van der Waals surface area (Å²) in [5, 5.41) is 11.4. The molecule has 1 nitrogen and oxygen atoms in total. The highest BCUT2D eigenvalue weighted by Crippen LogP contribution is 2.42. The van der Waals surface area contributed by atoms with Gasteiger partial charge in [0.1, 0.15) is 5.60 Å². The molecule has 2 atom stereocenters. The maximum Gasteiger partial charge on any atom is 0.127 e. The molecule has 1 N–H and O–H groups in total. The van der Waals surface area contributed by atoms with Gasteiger partial charge in [-0.3, -0.25) is 0 Å². The number of rotatable bonds is 1. The Morgan fingerprint density at radius 2 is 1.68 bits per heavy atom. The third-order valence-corrected chi connectivity index (χ3v) is 5.12. The van der Waals surface area contributed by atoms with Crippen molar-refractivity contribution in [3.8, 4) is 0 Å². The van der Waals surface area contributed by atoms with Gasteiger partial charge >= 0.3 is 0 Å². The van der Waals surface area contributed by atoms with Crippen LogP contribution in [-0.4, -0.2) is 9.93 Å². The molecule has 0 amide bonds. The minimum Gasteiger partial charge on any atom is -0.379 e. The topological polar surface area (TPSA) is 20.2 Å². The molecule has 3 rings (SSSR count). The van der Waals surface area contributed by atoms with Crippen molar-refractivity contribution in [1.29, 1.82) is 0 Å². The molecule has 0 fully saturated rings. The van der Waals surface area contributed by atoms with Crippen molar-refractivity contribution in [1.82, 2.24) is 0 Å². The molecule has 0 aromatic heterocycles.